The van der Waals surface area contributed by atoms with E-state index in [0.29, 0.717) is 17.4 Å². The largest absolute Gasteiger partial charge is 0.433 e. The number of nitrogens with zero attached hydrogens (tertiary/aromatic N) is 2. The van der Waals surface area contributed by atoms with Crippen molar-refractivity contribution in [3.63, 3.8) is 0 Å². The van der Waals surface area contributed by atoms with Crippen LogP contribution in [0.3, 0.4) is 0 Å². The maximum absolute atomic E-state index is 14.0. The highest BCUT2D eigenvalue weighted by Crippen LogP contribution is 2.37. The minimum atomic E-state index is -4.67. The lowest BCUT2D eigenvalue weighted by Crippen LogP contribution is -2.22. The molecule has 118 valence electrons. The number of aliphatic hydroxyl groups is 1. The Bertz CT molecular complexity index is 735. The van der Waals surface area contributed by atoms with Gasteiger partial charge in [-0.2, -0.15) is 13.2 Å². The number of aromatic nitrogens is 1. The summed E-state index contributed by atoms with van der Waals surface area (Å²) in [7, 11) is 0. The van der Waals surface area contributed by atoms with E-state index in [0.717, 1.165) is 12.1 Å². The molecule has 1 aliphatic rings. The van der Waals surface area contributed by atoms with Crippen molar-refractivity contribution in [1.29, 1.82) is 0 Å². The van der Waals surface area contributed by atoms with E-state index in [4.69, 9.17) is 0 Å². The second-order valence-corrected chi connectivity index (χ2v) is 6.11. The first-order chi connectivity index (χ1) is 10.3. The normalized spacial score (nSPS) is 19.2. The lowest BCUT2D eigenvalue weighted by molar-refractivity contribution is -0.140. The van der Waals surface area contributed by atoms with Crippen molar-refractivity contribution >= 4 is 32.5 Å². The van der Waals surface area contributed by atoms with Gasteiger partial charge in [-0.05, 0) is 24.6 Å². The van der Waals surface area contributed by atoms with Crippen LogP contribution in [0.5, 0.6) is 0 Å². The lowest BCUT2D eigenvalue weighted by Gasteiger charge is -2.21. The van der Waals surface area contributed by atoms with Gasteiger partial charge in [-0.3, -0.25) is 0 Å². The molecule has 1 aliphatic heterocycles. The molecule has 1 aromatic carbocycles. The predicted molar refractivity (Wildman–Crippen MR) is 77.2 cm³/mol. The molecule has 0 unspecified atom stereocenters. The molecule has 1 fully saturated rings. The van der Waals surface area contributed by atoms with Crippen LogP contribution in [0.2, 0.25) is 0 Å². The highest BCUT2D eigenvalue weighted by atomic mass is 79.9. The fourth-order valence-corrected chi connectivity index (χ4v) is 3.03. The van der Waals surface area contributed by atoms with E-state index in [1.165, 1.54) is 6.07 Å². The van der Waals surface area contributed by atoms with Crippen molar-refractivity contribution < 1.29 is 22.7 Å². The van der Waals surface area contributed by atoms with E-state index >= 15 is 0 Å². The predicted octanol–water partition coefficient (Wildman–Crippen LogP) is 3.73. The van der Waals surface area contributed by atoms with Gasteiger partial charge in [0, 0.05) is 28.6 Å². The van der Waals surface area contributed by atoms with Gasteiger partial charge in [0.05, 0.1) is 6.10 Å². The molecule has 0 aliphatic carbocycles. The number of hydrogen-bond acceptors (Lipinski definition) is 3. The number of benzene rings is 1. The molecule has 1 saturated heterocycles. The smallest absolute Gasteiger partial charge is 0.391 e. The standard InChI is InChI=1S/C14H11BrF4N2O/c15-7-3-9-11(21-2-1-8(22)6-21)5-12(14(17,18)19)20-13(9)10(16)4-7/h3-5,8,22H,1-2,6H2/t8-/m0/s1. The number of hydrogen-bond donors (Lipinski definition) is 1. The molecule has 22 heavy (non-hydrogen) atoms. The average Bonchev–Trinajstić information content (AvgIpc) is 2.83. The number of rotatable bonds is 1. The molecular weight excluding hydrogens is 368 g/mol. The maximum atomic E-state index is 14.0. The zero-order valence-corrected chi connectivity index (χ0v) is 12.7. The maximum Gasteiger partial charge on any atom is 0.433 e. The third-order valence-electron chi connectivity index (χ3n) is 3.60. The molecule has 0 radical (unpaired) electrons. The highest BCUT2D eigenvalue weighted by molar-refractivity contribution is 9.10. The number of alkyl halides is 3. The van der Waals surface area contributed by atoms with E-state index in [-0.39, 0.29) is 23.1 Å². The summed E-state index contributed by atoms with van der Waals surface area (Å²) in [5.41, 5.74) is -1.24. The van der Waals surface area contributed by atoms with Gasteiger partial charge >= 0.3 is 6.18 Å². The number of pyridine rings is 1. The Morgan fingerprint density at radius 1 is 1.27 bits per heavy atom. The molecule has 8 heteroatoms. The van der Waals surface area contributed by atoms with Crippen LogP contribution < -0.4 is 4.90 Å². The Balaban J connectivity index is 2.27. The van der Waals surface area contributed by atoms with Crippen LogP contribution in [-0.4, -0.2) is 29.3 Å². The van der Waals surface area contributed by atoms with Crippen molar-refractivity contribution in [3.05, 3.63) is 34.2 Å². The van der Waals surface area contributed by atoms with E-state index in [9.17, 15) is 22.7 Å². The second kappa shape index (κ2) is 5.34. The zero-order valence-electron chi connectivity index (χ0n) is 11.2. The van der Waals surface area contributed by atoms with Gasteiger partial charge in [0.1, 0.15) is 11.2 Å². The summed E-state index contributed by atoms with van der Waals surface area (Å²) in [6, 6.07) is 3.52. The third kappa shape index (κ3) is 2.77. The van der Waals surface area contributed by atoms with Gasteiger partial charge in [-0.25, -0.2) is 9.37 Å². The van der Waals surface area contributed by atoms with Gasteiger partial charge in [-0.15, -0.1) is 0 Å². The quantitative estimate of drug-likeness (QED) is 0.768. The van der Waals surface area contributed by atoms with Gasteiger partial charge in [-0.1, -0.05) is 15.9 Å². The van der Waals surface area contributed by atoms with E-state index in [2.05, 4.69) is 20.9 Å². The number of β-amino-alcohol motifs (C(OH)–C–C–N with tert-alkyl or cyclic N) is 1. The molecule has 1 aromatic heterocycles. The minimum absolute atomic E-state index is 0.213. The molecule has 3 nitrogen and oxygen atoms in total. The van der Waals surface area contributed by atoms with E-state index in [1.54, 1.807) is 4.90 Å². The second-order valence-electron chi connectivity index (χ2n) is 5.20. The number of fused-ring (bicyclic) bond motifs is 1. The van der Waals surface area contributed by atoms with Gasteiger partial charge in [0.2, 0.25) is 0 Å². The van der Waals surface area contributed by atoms with Crippen LogP contribution in [0.4, 0.5) is 23.2 Å². The van der Waals surface area contributed by atoms with Crippen LogP contribution in [0.25, 0.3) is 10.9 Å². The van der Waals surface area contributed by atoms with Crippen LogP contribution in [0, 0.1) is 5.82 Å². The first-order valence-electron chi connectivity index (χ1n) is 6.55. The zero-order chi connectivity index (χ0) is 16.1. The first kappa shape index (κ1) is 15.5. The molecule has 0 saturated carbocycles. The Kier molecular flexibility index (Phi) is 3.76. The Labute approximate surface area is 131 Å². The molecule has 1 N–H and O–H groups in total. The van der Waals surface area contributed by atoms with Crippen molar-refractivity contribution in [2.75, 3.05) is 18.0 Å². The Hall–Kier alpha value is -1.41. The summed E-state index contributed by atoms with van der Waals surface area (Å²) in [5.74, 6) is -0.823. The SMILES string of the molecule is O[C@H]1CCN(c2cc(C(F)(F)F)nc3c(F)cc(Br)cc23)C1. The summed E-state index contributed by atoms with van der Waals surface area (Å²) in [4.78, 5) is 5.05. The number of aliphatic hydroxyl groups excluding tert-OH is 1. The average molecular weight is 379 g/mol. The molecule has 1 atom stereocenters. The van der Waals surface area contributed by atoms with Gasteiger partial charge < -0.3 is 10.0 Å². The van der Waals surface area contributed by atoms with Gasteiger partial charge in [0.15, 0.2) is 5.82 Å². The lowest BCUT2D eigenvalue weighted by atomic mass is 10.1. The van der Waals surface area contributed by atoms with Crippen molar-refractivity contribution in [1.82, 2.24) is 4.98 Å². The minimum Gasteiger partial charge on any atom is -0.391 e. The van der Waals surface area contributed by atoms with Gasteiger partial charge in [0.25, 0.3) is 0 Å². The van der Waals surface area contributed by atoms with Crippen LogP contribution in [-0.2, 0) is 6.18 Å². The summed E-state index contributed by atoms with van der Waals surface area (Å²) in [6.45, 7) is 0.621. The molecule has 0 amide bonds. The molecule has 0 spiro atoms. The third-order valence-corrected chi connectivity index (χ3v) is 4.06. The van der Waals surface area contributed by atoms with Crippen LogP contribution in [0.15, 0.2) is 22.7 Å². The molecule has 0 bridgehead atoms. The Morgan fingerprint density at radius 2 is 2.00 bits per heavy atom. The van der Waals surface area contributed by atoms with E-state index < -0.39 is 23.8 Å². The fraction of sp³-hybridized carbons (Fsp3) is 0.357. The summed E-state index contributed by atoms with van der Waals surface area (Å²) in [5, 5.41) is 9.89. The van der Waals surface area contributed by atoms with Crippen molar-refractivity contribution in [2.24, 2.45) is 0 Å². The topological polar surface area (TPSA) is 36.4 Å². The monoisotopic (exact) mass is 378 g/mol. The first-order valence-corrected chi connectivity index (χ1v) is 7.35. The highest BCUT2D eigenvalue weighted by Gasteiger charge is 2.35. The molecule has 2 heterocycles. The van der Waals surface area contributed by atoms with Crippen molar-refractivity contribution in [2.45, 2.75) is 18.7 Å². The Morgan fingerprint density at radius 3 is 2.59 bits per heavy atom. The van der Waals surface area contributed by atoms with E-state index in [1.807, 2.05) is 0 Å². The summed E-state index contributed by atoms with van der Waals surface area (Å²) >= 11 is 3.14. The van der Waals surface area contributed by atoms with Crippen LogP contribution in [0.1, 0.15) is 12.1 Å². The van der Waals surface area contributed by atoms with Crippen LogP contribution >= 0.6 is 15.9 Å². The molecule has 3 rings (SSSR count). The number of anilines is 1. The number of halogens is 5. The fourth-order valence-electron chi connectivity index (χ4n) is 2.60. The molecule has 2 aromatic rings. The van der Waals surface area contributed by atoms with Crippen molar-refractivity contribution in [3.8, 4) is 0 Å². The summed E-state index contributed by atoms with van der Waals surface area (Å²) in [6.07, 6.45) is -4.81. The molecular formula is C14H11BrF4N2O. The summed E-state index contributed by atoms with van der Waals surface area (Å²) < 4.78 is 53.5.